The molecule has 0 spiro atoms. The number of halogens is 2. The molecule has 0 amide bonds. The van der Waals surface area contributed by atoms with Gasteiger partial charge >= 0.3 is 6.61 Å². The highest BCUT2D eigenvalue weighted by atomic mass is 19.3. The molecule has 0 aliphatic carbocycles. The highest BCUT2D eigenvalue weighted by Gasteiger charge is 2.12. The van der Waals surface area contributed by atoms with E-state index in [0.717, 1.165) is 5.56 Å². The Morgan fingerprint density at radius 1 is 1.19 bits per heavy atom. The predicted molar refractivity (Wildman–Crippen MR) is 94.6 cm³/mol. The topological polar surface area (TPSA) is 74.1 Å². The molecule has 0 radical (unpaired) electrons. The molecule has 0 N–H and O–H groups in total. The summed E-state index contributed by atoms with van der Waals surface area (Å²) in [6, 6.07) is 10.7. The summed E-state index contributed by atoms with van der Waals surface area (Å²) in [5.74, 6) is 0.634. The van der Waals surface area contributed by atoms with Gasteiger partial charge in [0.05, 0.1) is 18.1 Å². The van der Waals surface area contributed by atoms with Crippen molar-refractivity contribution in [3.05, 3.63) is 58.1 Å². The molecule has 0 heterocycles. The summed E-state index contributed by atoms with van der Waals surface area (Å²) in [5, 5.41) is 10.8. The zero-order valence-corrected chi connectivity index (χ0v) is 14.9. The number of methoxy groups -OCH3 is 1. The normalized spacial score (nSPS) is 10.9. The summed E-state index contributed by atoms with van der Waals surface area (Å²) in [7, 11) is 3.25. The Morgan fingerprint density at radius 2 is 1.96 bits per heavy atom. The number of non-ortho nitro benzene ring substituents is 1. The van der Waals surface area contributed by atoms with Crippen molar-refractivity contribution >= 4 is 5.69 Å². The number of nitrogens with zero attached hydrogens (tertiary/aromatic N) is 2. The second-order valence-electron chi connectivity index (χ2n) is 5.70. The van der Waals surface area contributed by atoms with Crippen LogP contribution in [0.4, 0.5) is 14.5 Å². The molecule has 2 aromatic rings. The van der Waals surface area contributed by atoms with E-state index in [0.29, 0.717) is 25.4 Å². The van der Waals surface area contributed by atoms with Gasteiger partial charge in [-0.05, 0) is 30.8 Å². The molecule has 9 heteroatoms. The molecule has 0 saturated carbocycles. The standard InChI is InChI=1S/C18H20F2N2O5/c1-21(8-9-26-15-5-3-4-14(11-15)22(23)24)12-13-6-7-16(27-18(19)20)17(10-13)25-2/h3-7,10-11,18H,8-9,12H2,1-2H3. The lowest BCUT2D eigenvalue weighted by atomic mass is 10.2. The molecule has 0 aliphatic heterocycles. The van der Waals surface area contributed by atoms with E-state index in [4.69, 9.17) is 9.47 Å². The molecule has 7 nitrogen and oxygen atoms in total. The summed E-state index contributed by atoms with van der Waals surface area (Å²) in [5.41, 5.74) is 0.824. The molecule has 0 saturated heterocycles. The number of nitro benzene ring substituents is 1. The van der Waals surface area contributed by atoms with Gasteiger partial charge in [-0.2, -0.15) is 8.78 Å². The summed E-state index contributed by atoms with van der Waals surface area (Å²) >= 11 is 0. The van der Waals surface area contributed by atoms with Crippen LogP contribution in [0.1, 0.15) is 5.56 Å². The minimum absolute atomic E-state index is 0.0205. The SMILES string of the molecule is COc1cc(CN(C)CCOc2cccc([N+](=O)[O-])c2)ccc1OC(F)F. The number of likely N-dealkylation sites (N-methyl/N-ethyl adjacent to an activating group) is 1. The van der Waals surface area contributed by atoms with Crippen LogP contribution in [0.5, 0.6) is 17.2 Å². The zero-order chi connectivity index (χ0) is 19.8. The average molecular weight is 382 g/mol. The van der Waals surface area contributed by atoms with Gasteiger partial charge in [0.1, 0.15) is 12.4 Å². The first-order chi connectivity index (χ1) is 12.9. The third kappa shape index (κ3) is 6.37. The van der Waals surface area contributed by atoms with Gasteiger partial charge < -0.3 is 14.2 Å². The van der Waals surface area contributed by atoms with Crippen molar-refractivity contribution in [3.63, 3.8) is 0 Å². The first-order valence-corrected chi connectivity index (χ1v) is 8.06. The number of ether oxygens (including phenoxy) is 3. The maximum Gasteiger partial charge on any atom is 0.387 e. The molecule has 0 unspecified atom stereocenters. The minimum atomic E-state index is -2.92. The van der Waals surface area contributed by atoms with Gasteiger partial charge in [-0.15, -0.1) is 0 Å². The maximum absolute atomic E-state index is 12.4. The molecule has 27 heavy (non-hydrogen) atoms. The summed E-state index contributed by atoms with van der Waals surface area (Å²) in [4.78, 5) is 12.2. The van der Waals surface area contributed by atoms with Crippen LogP contribution < -0.4 is 14.2 Å². The fourth-order valence-electron chi connectivity index (χ4n) is 2.40. The lowest BCUT2D eigenvalue weighted by Gasteiger charge is -2.18. The van der Waals surface area contributed by atoms with Crippen LogP contribution in [0.3, 0.4) is 0 Å². The van der Waals surface area contributed by atoms with Crippen molar-refractivity contribution in [1.29, 1.82) is 0 Å². The van der Waals surface area contributed by atoms with Gasteiger partial charge in [0.25, 0.3) is 5.69 Å². The number of nitro groups is 1. The van der Waals surface area contributed by atoms with Crippen molar-refractivity contribution < 1.29 is 27.9 Å². The third-order valence-electron chi connectivity index (χ3n) is 3.67. The van der Waals surface area contributed by atoms with Crippen LogP contribution in [0.15, 0.2) is 42.5 Å². The highest BCUT2D eigenvalue weighted by Crippen LogP contribution is 2.29. The lowest BCUT2D eigenvalue weighted by molar-refractivity contribution is -0.384. The molecule has 0 aliphatic rings. The summed E-state index contributed by atoms with van der Waals surface area (Å²) in [6.07, 6.45) is 0. The molecule has 0 aromatic heterocycles. The monoisotopic (exact) mass is 382 g/mol. The fraction of sp³-hybridized carbons (Fsp3) is 0.333. The van der Waals surface area contributed by atoms with E-state index in [1.54, 1.807) is 24.3 Å². The number of hydrogen-bond donors (Lipinski definition) is 0. The number of benzene rings is 2. The second-order valence-corrected chi connectivity index (χ2v) is 5.70. The molecule has 0 bridgehead atoms. The van der Waals surface area contributed by atoms with E-state index in [-0.39, 0.29) is 17.2 Å². The van der Waals surface area contributed by atoms with Gasteiger partial charge in [0.2, 0.25) is 0 Å². The molecule has 0 atom stereocenters. The Hall–Kier alpha value is -2.94. The summed E-state index contributed by atoms with van der Waals surface area (Å²) < 4.78 is 39.7. The Balaban J connectivity index is 1.87. The smallest absolute Gasteiger partial charge is 0.387 e. The number of alkyl halides is 2. The highest BCUT2D eigenvalue weighted by molar-refractivity contribution is 5.43. The first-order valence-electron chi connectivity index (χ1n) is 8.06. The van der Waals surface area contributed by atoms with E-state index in [1.807, 2.05) is 11.9 Å². The Labute approximate surface area is 155 Å². The van der Waals surface area contributed by atoms with Crippen molar-refractivity contribution in [2.24, 2.45) is 0 Å². The van der Waals surface area contributed by atoms with Crippen LogP contribution in [0.2, 0.25) is 0 Å². The van der Waals surface area contributed by atoms with E-state index in [9.17, 15) is 18.9 Å². The third-order valence-corrected chi connectivity index (χ3v) is 3.67. The average Bonchev–Trinajstić information content (AvgIpc) is 2.62. The fourth-order valence-corrected chi connectivity index (χ4v) is 2.40. The predicted octanol–water partition coefficient (Wildman–Crippen LogP) is 3.72. The van der Waals surface area contributed by atoms with E-state index in [2.05, 4.69) is 4.74 Å². The largest absolute Gasteiger partial charge is 0.493 e. The van der Waals surface area contributed by atoms with Gasteiger partial charge in [-0.25, -0.2) is 0 Å². The van der Waals surface area contributed by atoms with Crippen molar-refractivity contribution in [2.75, 3.05) is 27.3 Å². The molecular weight excluding hydrogens is 362 g/mol. The molecular formula is C18H20F2N2O5. The van der Waals surface area contributed by atoms with Gasteiger partial charge in [0.15, 0.2) is 11.5 Å². The van der Waals surface area contributed by atoms with Crippen molar-refractivity contribution in [2.45, 2.75) is 13.2 Å². The molecule has 146 valence electrons. The van der Waals surface area contributed by atoms with Crippen LogP contribution in [0, 0.1) is 10.1 Å². The van der Waals surface area contributed by atoms with E-state index >= 15 is 0 Å². The minimum Gasteiger partial charge on any atom is -0.493 e. The maximum atomic E-state index is 12.4. The van der Waals surface area contributed by atoms with E-state index < -0.39 is 11.5 Å². The van der Waals surface area contributed by atoms with Crippen molar-refractivity contribution in [1.82, 2.24) is 4.90 Å². The van der Waals surface area contributed by atoms with E-state index in [1.165, 1.54) is 25.3 Å². The van der Waals surface area contributed by atoms with Gasteiger partial charge in [0, 0.05) is 19.2 Å². The zero-order valence-electron chi connectivity index (χ0n) is 14.9. The molecule has 2 aromatic carbocycles. The van der Waals surface area contributed by atoms with Crippen LogP contribution in [0.25, 0.3) is 0 Å². The molecule has 2 rings (SSSR count). The van der Waals surface area contributed by atoms with Crippen LogP contribution in [-0.4, -0.2) is 43.7 Å². The quantitative estimate of drug-likeness (QED) is 0.461. The Morgan fingerprint density at radius 3 is 2.63 bits per heavy atom. The Bertz CT molecular complexity index is 773. The van der Waals surface area contributed by atoms with Gasteiger partial charge in [-0.1, -0.05) is 12.1 Å². The lowest BCUT2D eigenvalue weighted by Crippen LogP contribution is -2.23. The first kappa shape index (κ1) is 20.4. The second kappa shape index (κ2) is 9.67. The summed E-state index contributed by atoms with van der Waals surface area (Å²) in [6.45, 7) is -1.50. The Kier molecular flexibility index (Phi) is 7.30. The van der Waals surface area contributed by atoms with Crippen LogP contribution in [-0.2, 0) is 6.54 Å². The molecule has 0 fully saturated rings. The van der Waals surface area contributed by atoms with Gasteiger partial charge in [-0.3, -0.25) is 15.0 Å². The number of rotatable bonds is 10. The number of hydrogen-bond acceptors (Lipinski definition) is 6. The van der Waals surface area contributed by atoms with Crippen LogP contribution >= 0.6 is 0 Å². The van der Waals surface area contributed by atoms with Crippen molar-refractivity contribution in [3.8, 4) is 17.2 Å².